The van der Waals surface area contributed by atoms with Crippen molar-refractivity contribution in [2.75, 3.05) is 13.7 Å². The fourth-order valence-electron chi connectivity index (χ4n) is 1.98. The molecule has 0 fully saturated rings. The minimum Gasteiger partial charge on any atom is -0.494 e. The Morgan fingerprint density at radius 1 is 1.38 bits per heavy atom. The van der Waals surface area contributed by atoms with Gasteiger partial charge in [0.05, 0.1) is 25.5 Å². The van der Waals surface area contributed by atoms with Crippen LogP contribution in [0.3, 0.4) is 0 Å². The predicted octanol–water partition coefficient (Wildman–Crippen LogP) is 2.22. The molecule has 0 saturated carbocycles. The van der Waals surface area contributed by atoms with Gasteiger partial charge in [-0.3, -0.25) is 0 Å². The number of methoxy groups -OCH3 is 1. The lowest BCUT2D eigenvalue weighted by atomic mass is 10.2. The molecule has 2 rings (SSSR count). The number of benzene rings is 1. The summed E-state index contributed by atoms with van der Waals surface area (Å²) in [5.41, 5.74) is 1.70. The van der Waals surface area contributed by atoms with E-state index < -0.39 is 0 Å². The third kappa shape index (κ3) is 4.53. The molecule has 6 heteroatoms. The third-order valence-corrected chi connectivity index (χ3v) is 3.01. The van der Waals surface area contributed by atoms with E-state index in [1.165, 1.54) is 13.2 Å². The first-order chi connectivity index (χ1) is 10.1. The Hall–Kier alpha value is -1.95. The second-order valence-corrected chi connectivity index (χ2v) is 5.40. The van der Waals surface area contributed by atoms with E-state index in [4.69, 9.17) is 4.74 Å². The molecule has 0 atom stereocenters. The van der Waals surface area contributed by atoms with Crippen molar-refractivity contribution in [2.45, 2.75) is 26.9 Å². The molecule has 0 unspecified atom stereocenters. The molecule has 1 aromatic heterocycles. The zero-order valence-electron chi connectivity index (χ0n) is 12.6. The minimum absolute atomic E-state index is 0.246. The van der Waals surface area contributed by atoms with Gasteiger partial charge in [-0.15, -0.1) is 5.10 Å². The number of hydrogen-bond acceptors (Lipinski definition) is 4. The minimum atomic E-state index is -0.367. The number of ether oxygens (including phenoxy) is 1. The van der Waals surface area contributed by atoms with Crippen LogP contribution in [0.4, 0.5) is 4.39 Å². The van der Waals surface area contributed by atoms with Gasteiger partial charge in [0, 0.05) is 6.54 Å². The molecule has 0 spiro atoms. The van der Waals surface area contributed by atoms with Crippen LogP contribution in [0.15, 0.2) is 24.4 Å². The fraction of sp³-hybridized carbons (Fsp3) is 0.467. The highest BCUT2D eigenvalue weighted by molar-refractivity contribution is 5.29. The maximum absolute atomic E-state index is 13.6. The van der Waals surface area contributed by atoms with Crippen molar-refractivity contribution in [3.05, 3.63) is 41.5 Å². The van der Waals surface area contributed by atoms with E-state index in [1.807, 2.05) is 12.3 Å². The molecule has 0 aliphatic heterocycles. The molecule has 2 aromatic rings. The van der Waals surface area contributed by atoms with Gasteiger partial charge in [0.15, 0.2) is 11.6 Å². The van der Waals surface area contributed by atoms with Crippen LogP contribution in [-0.2, 0) is 13.1 Å². The van der Waals surface area contributed by atoms with Gasteiger partial charge in [0.1, 0.15) is 0 Å². The summed E-state index contributed by atoms with van der Waals surface area (Å²) in [5.74, 6) is 0.479. The summed E-state index contributed by atoms with van der Waals surface area (Å²) in [7, 11) is 1.45. The lowest BCUT2D eigenvalue weighted by molar-refractivity contribution is 0.386. The van der Waals surface area contributed by atoms with Crippen molar-refractivity contribution in [1.29, 1.82) is 0 Å². The molecule has 114 valence electrons. The highest BCUT2D eigenvalue weighted by atomic mass is 19.1. The van der Waals surface area contributed by atoms with Crippen LogP contribution in [0.1, 0.15) is 25.1 Å². The van der Waals surface area contributed by atoms with Gasteiger partial charge < -0.3 is 10.1 Å². The monoisotopic (exact) mass is 292 g/mol. The third-order valence-electron chi connectivity index (χ3n) is 3.01. The van der Waals surface area contributed by atoms with Gasteiger partial charge in [-0.2, -0.15) is 0 Å². The molecule has 5 nitrogen and oxygen atoms in total. The number of hydrogen-bond donors (Lipinski definition) is 1. The molecular weight excluding hydrogens is 271 g/mol. The highest BCUT2D eigenvalue weighted by Gasteiger charge is 2.06. The van der Waals surface area contributed by atoms with E-state index in [2.05, 4.69) is 29.5 Å². The van der Waals surface area contributed by atoms with Crippen LogP contribution in [0.5, 0.6) is 5.75 Å². The maximum atomic E-state index is 13.6. The largest absolute Gasteiger partial charge is 0.494 e. The first-order valence-electron chi connectivity index (χ1n) is 7.00. The lowest BCUT2D eigenvalue weighted by Crippen LogP contribution is -2.19. The van der Waals surface area contributed by atoms with Crippen LogP contribution in [-0.4, -0.2) is 28.6 Å². The number of aromatic nitrogens is 3. The molecule has 0 saturated heterocycles. The van der Waals surface area contributed by atoms with Crippen molar-refractivity contribution >= 4 is 0 Å². The van der Waals surface area contributed by atoms with E-state index in [1.54, 1.807) is 10.7 Å². The molecular formula is C15H21FN4O. The summed E-state index contributed by atoms with van der Waals surface area (Å²) >= 11 is 0. The lowest BCUT2D eigenvalue weighted by Gasteiger charge is -2.05. The molecule has 1 aromatic carbocycles. The summed E-state index contributed by atoms with van der Waals surface area (Å²) in [6.07, 6.45) is 1.87. The summed E-state index contributed by atoms with van der Waals surface area (Å²) in [6.45, 7) is 6.42. The molecule has 0 amide bonds. The van der Waals surface area contributed by atoms with Gasteiger partial charge in [-0.1, -0.05) is 25.1 Å². The average molecular weight is 292 g/mol. The topological polar surface area (TPSA) is 52.0 Å². The van der Waals surface area contributed by atoms with E-state index in [0.717, 1.165) is 17.8 Å². The van der Waals surface area contributed by atoms with Gasteiger partial charge in [0.25, 0.3) is 0 Å². The molecule has 21 heavy (non-hydrogen) atoms. The van der Waals surface area contributed by atoms with Gasteiger partial charge >= 0.3 is 0 Å². The van der Waals surface area contributed by atoms with Crippen molar-refractivity contribution < 1.29 is 9.13 Å². The SMILES string of the molecule is COc1ccc(Cn2cc(CNCC(C)C)nn2)cc1F. The number of rotatable bonds is 7. The zero-order chi connectivity index (χ0) is 15.2. The Morgan fingerprint density at radius 3 is 2.86 bits per heavy atom. The van der Waals surface area contributed by atoms with Crippen LogP contribution in [0.2, 0.25) is 0 Å². The van der Waals surface area contributed by atoms with Crippen LogP contribution in [0, 0.1) is 11.7 Å². The zero-order valence-corrected chi connectivity index (χ0v) is 12.6. The van der Waals surface area contributed by atoms with Crippen LogP contribution >= 0.6 is 0 Å². The average Bonchev–Trinajstić information content (AvgIpc) is 2.86. The van der Waals surface area contributed by atoms with Crippen LogP contribution < -0.4 is 10.1 Å². The maximum Gasteiger partial charge on any atom is 0.165 e. The summed E-state index contributed by atoms with van der Waals surface area (Å²) in [6, 6.07) is 4.89. The van der Waals surface area contributed by atoms with Gasteiger partial charge in [0.2, 0.25) is 0 Å². The summed E-state index contributed by atoms with van der Waals surface area (Å²) in [5, 5.41) is 11.5. The van der Waals surface area contributed by atoms with Crippen molar-refractivity contribution in [3.63, 3.8) is 0 Å². The summed E-state index contributed by atoms with van der Waals surface area (Å²) in [4.78, 5) is 0. The smallest absolute Gasteiger partial charge is 0.165 e. The second-order valence-electron chi connectivity index (χ2n) is 5.40. The Bertz CT molecular complexity index is 583. The Kier molecular flexibility index (Phi) is 5.27. The molecule has 0 radical (unpaired) electrons. The molecule has 0 aliphatic carbocycles. The van der Waals surface area contributed by atoms with E-state index in [-0.39, 0.29) is 11.6 Å². The first kappa shape index (κ1) is 15.4. The quantitative estimate of drug-likeness (QED) is 0.850. The fourth-order valence-corrected chi connectivity index (χ4v) is 1.98. The van der Waals surface area contributed by atoms with Crippen LogP contribution in [0.25, 0.3) is 0 Å². The first-order valence-corrected chi connectivity index (χ1v) is 7.00. The van der Waals surface area contributed by atoms with E-state index in [9.17, 15) is 4.39 Å². The Labute approximate surface area is 124 Å². The van der Waals surface area contributed by atoms with E-state index in [0.29, 0.717) is 19.0 Å². The summed E-state index contributed by atoms with van der Waals surface area (Å²) < 4.78 is 20.2. The molecule has 1 N–H and O–H groups in total. The molecule has 0 aliphatic rings. The van der Waals surface area contributed by atoms with Crippen molar-refractivity contribution in [1.82, 2.24) is 20.3 Å². The van der Waals surface area contributed by atoms with Crippen molar-refractivity contribution in [2.24, 2.45) is 5.92 Å². The van der Waals surface area contributed by atoms with E-state index >= 15 is 0 Å². The highest BCUT2D eigenvalue weighted by Crippen LogP contribution is 2.18. The normalized spacial score (nSPS) is 11.1. The standard InChI is InChI=1S/C15H21FN4O/c1-11(2)7-17-8-13-10-20(19-18-13)9-12-4-5-15(21-3)14(16)6-12/h4-6,10-11,17H,7-9H2,1-3H3. The predicted molar refractivity (Wildman–Crippen MR) is 78.6 cm³/mol. The van der Waals surface area contributed by atoms with Gasteiger partial charge in [-0.25, -0.2) is 9.07 Å². The molecule has 0 bridgehead atoms. The Balaban J connectivity index is 1.94. The number of nitrogens with zero attached hydrogens (tertiary/aromatic N) is 3. The van der Waals surface area contributed by atoms with Gasteiger partial charge in [-0.05, 0) is 30.2 Å². The van der Waals surface area contributed by atoms with Crippen molar-refractivity contribution in [3.8, 4) is 5.75 Å². The Morgan fingerprint density at radius 2 is 2.19 bits per heavy atom. The second kappa shape index (κ2) is 7.17. The number of halogens is 1. The molecule has 1 heterocycles. The number of nitrogens with one attached hydrogen (secondary N) is 1.